The Kier molecular flexibility index (Phi) is 18.3. The number of benzene rings is 4. The molecule has 2 aliphatic heterocycles. The molecule has 2 heterocycles. The number of hydrogen-bond donors (Lipinski definition) is 1. The summed E-state index contributed by atoms with van der Waals surface area (Å²) in [6.45, 7) is 2.67. The van der Waals surface area contributed by atoms with Crippen molar-refractivity contribution in [3.8, 4) is 0 Å². The number of aliphatic imine (C=N–C) groups is 2. The van der Waals surface area contributed by atoms with Gasteiger partial charge in [0.2, 0.25) is 11.8 Å². The first-order valence-electron chi connectivity index (χ1n) is 25.7. The van der Waals surface area contributed by atoms with E-state index < -0.39 is 93.0 Å². The third kappa shape index (κ3) is 14.3. The first-order valence-corrected chi connectivity index (χ1v) is 25.7. The zero-order chi connectivity index (χ0) is 59.4. The molecule has 24 heteroatoms. The van der Waals surface area contributed by atoms with Gasteiger partial charge in [-0.2, -0.15) is 52.7 Å². The Morgan fingerprint density at radius 2 is 0.852 bits per heavy atom. The van der Waals surface area contributed by atoms with Crippen LogP contribution >= 0.6 is 0 Å². The monoisotopic (exact) mass is 1150 g/mol. The number of carbonyl (C=O) groups is 4. The van der Waals surface area contributed by atoms with Crippen molar-refractivity contribution in [1.29, 1.82) is 0 Å². The van der Waals surface area contributed by atoms with Gasteiger partial charge >= 0.3 is 36.6 Å². The zero-order valence-electron chi connectivity index (χ0n) is 44.1. The summed E-state index contributed by atoms with van der Waals surface area (Å²) in [7, 11) is 1.26. The standard InChI is InChI=1S/C29H30F6N2O4.C28H28F6N2O4/c1-19(20-12-22(28(30,31)32)14-23(13-20)29(33,34)35)41-17-26(21-6-4-3-5-7-21)8-10-27(11-9-26,15-25(39)40-2)37-18-36-16-24(37)38;1-18(19-11-21(27(29,30)31)13-22(12-19)28(32,33)34)40-16-25(20-5-3-2-4-6-20)7-9-26(10-8-25,14-24(38)39)36-17-35-15-23(36)37/h3-7,12-14,18-19H,8-11,15-17H2,1-2H3;2-6,11-13,17-18H,7-10,14-16H2,1H3,(H,38,39)/t19-,26?,27?;18-,25?,26?/m11/s1. The van der Waals surface area contributed by atoms with Gasteiger partial charge in [0.15, 0.2) is 0 Å². The highest BCUT2D eigenvalue weighted by atomic mass is 19.4. The lowest BCUT2D eigenvalue weighted by Gasteiger charge is -2.49. The smallest absolute Gasteiger partial charge is 0.416 e. The van der Waals surface area contributed by atoms with Gasteiger partial charge in [-0.25, -0.2) is 0 Å². The number of aliphatic carboxylic acids is 1. The number of halogens is 12. The van der Waals surface area contributed by atoms with Gasteiger partial charge in [-0.05, 0) is 124 Å². The number of nitrogens with zero attached hydrogens (tertiary/aromatic N) is 4. The number of carboxylic acids is 1. The third-order valence-corrected chi connectivity index (χ3v) is 16.0. The Hall–Kier alpha value is -6.82. The van der Waals surface area contributed by atoms with Crippen molar-refractivity contribution in [3.63, 3.8) is 0 Å². The van der Waals surface area contributed by atoms with Crippen LogP contribution in [0.4, 0.5) is 52.7 Å². The fourth-order valence-corrected chi connectivity index (χ4v) is 11.3. The molecule has 4 aromatic carbocycles. The van der Waals surface area contributed by atoms with E-state index in [1.165, 1.54) is 43.4 Å². The van der Waals surface area contributed by atoms with E-state index in [0.717, 1.165) is 11.1 Å². The molecule has 0 spiro atoms. The van der Waals surface area contributed by atoms with Crippen molar-refractivity contribution >= 4 is 36.4 Å². The van der Waals surface area contributed by atoms with Crippen LogP contribution in [0.2, 0.25) is 0 Å². The third-order valence-electron chi connectivity index (χ3n) is 16.0. The minimum Gasteiger partial charge on any atom is -0.481 e. The molecule has 2 atom stereocenters. The SMILES string of the molecule is COC(=O)CC1(N2C=NCC2=O)CCC(CO[C@H](C)c2cc(C(F)(F)F)cc(C(F)(F)F)c2)(c2ccccc2)CC1.C[C@@H](OCC1(c2ccccc2)CCC(CC(=O)O)(N2C=NCC2=O)CC1)c1cc(C(F)(F)F)cc(C(F)(F)F)c1. The van der Waals surface area contributed by atoms with E-state index in [1.54, 1.807) is 18.2 Å². The van der Waals surface area contributed by atoms with Crippen LogP contribution in [-0.4, -0.2) is 95.8 Å². The second kappa shape index (κ2) is 23.9. The van der Waals surface area contributed by atoms with Crippen LogP contribution in [0.15, 0.2) is 107 Å². The maximum atomic E-state index is 13.4. The molecule has 2 amide bonds. The van der Waals surface area contributed by atoms with E-state index in [1.807, 2.05) is 42.5 Å². The summed E-state index contributed by atoms with van der Waals surface area (Å²) in [6, 6.07) is 21.2. The fourth-order valence-electron chi connectivity index (χ4n) is 11.3. The largest absolute Gasteiger partial charge is 0.481 e. The van der Waals surface area contributed by atoms with Crippen LogP contribution in [0, 0.1) is 0 Å². The van der Waals surface area contributed by atoms with Gasteiger partial charge in [0.05, 0.1) is 91.4 Å². The van der Waals surface area contributed by atoms with Gasteiger partial charge in [-0.15, -0.1) is 0 Å². The van der Waals surface area contributed by atoms with E-state index in [4.69, 9.17) is 14.2 Å². The van der Waals surface area contributed by atoms with Crippen LogP contribution < -0.4 is 0 Å². The summed E-state index contributed by atoms with van der Waals surface area (Å²) in [5.41, 5.74) is -7.72. The molecule has 0 unspecified atom stereocenters. The second-order valence-corrected chi connectivity index (χ2v) is 21.1. The zero-order valence-corrected chi connectivity index (χ0v) is 44.1. The van der Waals surface area contributed by atoms with E-state index in [0.29, 0.717) is 62.8 Å². The number of hydrogen-bond acceptors (Lipinski definition) is 9. The van der Waals surface area contributed by atoms with Crippen LogP contribution in [0.25, 0.3) is 0 Å². The summed E-state index contributed by atoms with van der Waals surface area (Å²) in [5.74, 6) is -2.10. The maximum absolute atomic E-state index is 13.4. The highest BCUT2D eigenvalue weighted by Crippen LogP contribution is 2.50. The molecular formula is C57H58F12N4O8. The molecule has 2 fully saturated rings. The second-order valence-electron chi connectivity index (χ2n) is 21.1. The van der Waals surface area contributed by atoms with Gasteiger partial charge in [0, 0.05) is 10.8 Å². The number of amides is 2. The first-order chi connectivity index (χ1) is 37.8. The molecule has 8 rings (SSSR count). The minimum absolute atomic E-state index is 0.00782. The van der Waals surface area contributed by atoms with Gasteiger partial charge in [-0.3, -0.25) is 39.0 Å². The van der Waals surface area contributed by atoms with Gasteiger partial charge in [0.1, 0.15) is 13.1 Å². The van der Waals surface area contributed by atoms with Crippen molar-refractivity contribution in [3.05, 3.63) is 142 Å². The molecule has 2 saturated carbocycles. The summed E-state index contributed by atoms with van der Waals surface area (Å²) >= 11 is 0. The van der Waals surface area contributed by atoms with Crippen LogP contribution in [0.3, 0.4) is 0 Å². The van der Waals surface area contributed by atoms with E-state index in [-0.39, 0.29) is 87.1 Å². The van der Waals surface area contributed by atoms with Crippen molar-refractivity contribution in [1.82, 2.24) is 9.80 Å². The van der Waals surface area contributed by atoms with Gasteiger partial charge in [-0.1, -0.05) is 60.7 Å². The molecule has 0 saturated heterocycles. The number of alkyl halides is 12. The predicted octanol–water partition coefficient (Wildman–Crippen LogP) is 12.9. The number of carboxylic acid groups (broad SMARTS) is 1. The summed E-state index contributed by atoms with van der Waals surface area (Å²) in [5, 5.41) is 9.62. The Morgan fingerprint density at radius 1 is 0.531 bits per heavy atom. The average Bonchev–Trinajstić information content (AvgIpc) is 4.21. The number of esters is 1. The molecule has 0 aromatic heterocycles. The average molecular weight is 1160 g/mol. The van der Waals surface area contributed by atoms with Crippen LogP contribution in [0.1, 0.15) is 135 Å². The molecule has 4 aromatic rings. The highest BCUT2D eigenvalue weighted by Gasteiger charge is 2.52. The van der Waals surface area contributed by atoms with Crippen molar-refractivity contribution in [2.75, 3.05) is 33.4 Å². The summed E-state index contributed by atoms with van der Waals surface area (Å²) < 4.78 is 178. The minimum atomic E-state index is -4.98. The lowest BCUT2D eigenvalue weighted by atomic mass is 9.63. The van der Waals surface area contributed by atoms with E-state index >= 15 is 0 Å². The Bertz CT molecular complexity index is 2880. The molecule has 438 valence electrons. The molecule has 2 aliphatic carbocycles. The van der Waals surface area contributed by atoms with Crippen molar-refractivity contribution < 1.29 is 91.2 Å². The molecule has 1 N–H and O–H groups in total. The predicted molar refractivity (Wildman–Crippen MR) is 270 cm³/mol. The normalized spacial score (nSPS) is 24.2. The van der Waals surface area contributed by atoms with E-state index in [2.05, 4.69) is 9.98 Å². The molecule has 81 heavy (non-hydrogen) atoms. The molecule has 0 radical (unpaired) electrons. The van der Waals surface area contributed by atoms with Gasteiger partial charge in [0.25, 0.3) is 0 Å². The van der Waals surface area contributed by atoms with Crippen LogP contribution in [-0.2, 0) is 68.9 Å². The number of rotatable bonds is 16. The highest BCUT2D eigenvalue weighted by molar-refractivity contribution is 5.96. The summed E-state index contributed by atoms with van der Waals surface area (Å²) in [6.07, 6.45) is -16.7. The van der Waals surface area contributed by atoms with Gasteiger partial charge < -0.3 is 19.3 Å². The van der Waals surface area contributed by atoms with Crippen molar-refractivity contribution in [2.24, 2.45) is 9.98 Å². The van der Waals surface area contributed by atoms with Crippen LogP contribution in [0.5, 0.6) is 0 Å². The Balaban J connectivity index is 0.000000234. The number of methoxy groups -OCH3 is 1. The Morgan fingerprint density at radius 3 is 1.12 bits per heavy atom. The topological polar surface area (TPSA) is 147 Å². The molecule has 12 nitrogen and oxygen atoms in total. The lowest BCUT2D eigenvalue weighted by Crippen LogP contribution is -2.56. The lowest BCUT2D eigenvalue weighted by molar-refractivity contribution is -0.147. The quantitative estimate of drug-likeness (QED) is 0.0861. The molecule has 0 bridgehead atoms. The van der Waals surface area contributed by atoms with Crippen molar-refractivity contribution in [2.45, 2.75) is 137 Å². The molecule has 4 aliphatic rings. The number of ether oxygens (including phenoxy) is 3. The molecular weight excluding hydrogens is 1100 g/mol. The first kappa shape index (κ1) is 61.8. The fraction of sp³-hybridized carbons (Fsp3) is 0.474. The number of carbonyl (C=O) groups excluding carboxylic acids is 3. The summed E-state index contributed by atoms with van der Waals surface area (Å²) in [4.78, 5) is 60.1. The maximum Gasteiger partial charge on any atom is 0.416 e. The Labute approximate surface area is 458 Å². The van der Waals surface area contributed by atoms with E-state index in [9.17, 15) is 77.0 Å².